The number of benzene rings is 1. The highest BCUT2D eigenvalue weighted by Gasteiger charge is 2.66. The molecule has 2 atom stereocenters. The van der Waals surface area contributed by atoms with Gasteiger partial charge in [-0.25, -0.2) is 9.48 Å². The Labute approximate surface area is 157 Å². The molecule has 0 bridgehead atoms. The molecule has 2 N–H and O–H groups in total. The van der Waals surface area contributed by atoms with E-state index >= 15 is 0 Å². The predicted octanol–water partition coefficient (Wildman–Crippen LogP) is 1.72. The van der Waals surface area contributed by atoms with Crippen LogP contribution in [-0.2, 0) is 20.9 Å². The molecule has 1 aromatic carbocycles. The van der Waals surface area contributed by atoms with E-state index in [0.717, 1.165) is 5.56 Å². The lowest BCUT2D eigenvalue weighted by atomic mass is 9.54. The van der Waals surface area contributed by atoms with Gasteiger partial charge < -0.3 is 15.2 Å². The second-order valence-corrected chi connectivity index (χ2v) is 7.30. The Morgan fingerprint density at radius 1 is 1.33 bits per heavy atom. The Hall–Kier alpha value is -2.74. The van der Waals surface area contributed by atoms with Crippen molar-refractivity contribution in [2.24, 2.45) is 5.41 Å². The van der Waals surface area contributed by atoms with Crippen LogP contribution in [-0.4, -0.2) is 50.2 Å². The Bertz CT molecular complexity index is 833. The number of ether oxygens (including phenoxy) is 1. The van der Waals surface area contributed by atoms with Gasteiger partial charge in [0.05, 0.1) is 12.3 Å². The lowest BCUT2D eigenvalue weighted by Crippen LogP contribution is -2.76. The summed E-state index contributed by atoms with van der Waals surface area (Å²) in [5.74, 6) is -1.48. The second kappa shape index (κ2) is 7.11. The molecule has 1 fully saturated rings. The summed E-state index contributed by atoms with van der Waals surface area (Å²) in [5, 5.41) is 20.5. The lowest BCUT2D eigenvalue weighted by molar-refractivity contribution is -0.194. The molecule has 1 saturated carbocycles. The number of hydrogen-bond donors (Lipinski definition) is 2. The van der Waals surface area contributed by atoms with Crippen LogP contribution in [0, 0.1) is 5.41 Å². The van der Waals surface area contributed by atoms with Crippen LogP contribution in [0.4, 0.5) is 0 Å². The van der Waals surface area contributed by atoms with Crippen LogP contribution < -0.4 is 5.32 Å². The number of carboxylic acids is 1. The summed E-state index contributed by atoms with van der Waals surface area (Å²) >= 11 is 0. The van der Waals surface area contributed by atoms with Crippen LogP contribution in [0.1, 0.15) is 27.2 Å². The summed E-state index contributed by atoms with van der Waals surface area (Å²) in [6.45, 7) is 5.86. The molecular formula is C19H24N4O4. The number of amides is 1. The van der Waals surface area contributed by atoms with Gasteiger partial charge in [-0.15, -0.1) is 5.10 Å². The van der Waals surface area contributed by atoms with E-state index in [2.05, 4.69) is 15.6 Å². The monoisotopic (exact) mass is 372 g/mol. The molecule has 3 rings (SSSR count). The minimum Gasteiger partial charge on any atom is -0.479 e. The van der Waals surface area contributed by atoms with Crippen molar-refractivity contribution in [3.8, 4) is 11.3 Å². The first-order valence-corrected chi connectivity index (χ1v) is 8.91. The number of hydrogen-bond acceptors (Lipinski definition) is 5. The van der Waals surface area contributed by atoms with Crippen molar-refractivity contribution in [3.63, 3.8) is 0 Å². The zero-order valence-corrected chi connectivity index (χ0v) is 15.7. The molecule has 0 saturated heterocycles. The number of nitrogens with one attached hydrogen (secondary N) is 1. The fraction of sp³-hybridized carbons (Fsp3) is 0.474. The van der Waals surface area contributed by atoms with Crippen LogP contribution in [0.5, 0.6) is 0 Å². The van der Waals surface area contributed by atoms with Crippen molar-refractivity contribution in [3.05, 3.63) is 36.5 Å². The number of rotatable bonds is 7. The van der Waals surface area contributed by atoms with Crippen molar-refractivity contribution < 1.29 is 19.4 Å². The summed E-state index contributed by atoms with van der Waals surface area (Å²) in [6, 6.07) is 9.50. The molecular weight excluding hydrogens is 348 g/mol. The zero-order chi connectivity index (χ0) is 19.7. The summed E-state index contributed by atoms with van der Waals surface area (Å²) in [7, 11) is 0. The van der Waals surface area contributed by atoms with Gasteiger partial charge in [-0.1, -0.05) is 49.4 Å². The maximum absolute atomic E-state index is 12.5. The van der Waals surface area contributed by atoms with Gasteiger partial charge >= 0.3 is 5.97 Å². The molecule has 8 heteroatoms. The number of carbonyl (C=O) groups is 2. The molecule has 1 amide bonds. The van der Waals surface area contributed by atoms with Gasteiger partial charge in [0.25, 0.3) is 0 Å². The summed E-state index contributed by atoms with van der Waals surface area (Å²) < 4.78 is 7.01. The van der Waals surface area contributed by atoms with Crippen molar-refractivity contribution in [1.82, 2.24) is 20.3 Å². The number of aliphatic carboxylic acids is 1. The highest BCUT2D eigenvalue weighted by Crippen LogP contribution is 2.51. The van der Waals surface area contributed by atoms with Gasteiger partial charge in [-0.2, -0.15) is 0 Å². The number of nitrogens with zero attached hydrogens (tertiary/aromatic N) is 3. The van der Waals surface area contributed by atoms with E-state index in [1.807, 2.05) is 37.3 Å². The van der Waals surface area contributed by atoms with E-state index < -0.39 is 22.8 Å². The van der Waals surface area contributed by atoms with Crippen LogP contribution >= 0.6 is 0 Å². The summed E-state index contributed by atoms with van der Waals surface area (Å²) in [5.41, 5.74) is -0.531. The molecule has 1 heterocycles. The van der Waals surface area contributed by atoms with Crippen LogP contribution in [0.25, 0.3) is 11.3 Å². The molecule has 0 spiro atoms. The Morgan fingerprint density at radius 3 is 2.63 bits per heavy atom. The van der Waals surface area contributed by atoms with Crippen LogP contribution in [0.15, 0.2) is 36.5 Å². The number of carboxylic acid groups (broad SMARTS) is 1. The van der Waals surface area contributed by atoms with E-state index in [0.29, 0.717) is 12.3 Å². The van der Waals surface area contributed by atoms with Crippen molar-refractivity contribution in [2.45, 2.75) is 45.4 Å². The summed E-state index contributed by atoms with van der Waals surface area (Å²) in [4.78, 5) is 24.5. The first-order valence-electron chi connectivity index (χ1n) is 8.91. The Balaban J connectivity index is 1.70. The average molecular weight is 372 g/mol. The fourth-order valence-corrected chi connectivity index (χ4v) is 3.58. The molecule has 144 valence electrons. The SMILES string of the molecule is CCOC1CC(NC(=O)Cn2cc(-c3ccccc3)nn2)(C(=O)O)C1(C)C. The second-order valence-electron chi connectivity index (χ2n) is 7.30. The van der Waals surface area contributed by atoms with Gasteiger partial charge in [-0.3, -0.25) is 4.79 Å². The third kappa shape index (κ3) is 3.32. The number of aromatic nitrogens is 3. The lowest BCUT2D eigenvalue weighted by Gasteiger charge is -2.58. The Morgan fingerprint density at radius 2 is 2.04 bits per heavy atom. The van der Waals surface area contributed by atoms with Crippen LogP contribution in [0.3, 0.4) is 0 Å². The number of carbonyl (C=O) groups excluding carboxylic acids is 1. The zero-order valence-electron chi connectivity index (χ0n) is 15.7. The molecule has 1 aliphatic carbocycles. The standard InChI is InChI=1S/C19H24N4O4/c1-4-27-15-10-19(17(25)26,18(15,2)3)20-16(24)12-23-11-14(21-22-23)13-8-6-5-7-9-13/h5-9,11,15H,4,10,12H2,1-3H3,(H,20,24)(H,25,26). The fourth-order valence-electron chi connectivity index (χ4n) is 3.58. The van der Waals surface area contributed by atoms with Crippen molar-refractivity contribution in [1.29, 1.82) is 0 Å². The van der Waals surface area contributed by atoms with Gasteiger partial charge in [0, 0.05) is 24.0 Å². The normalized spacial score (nSPS) is 23.4. The molecule has 2 aromatic rings. The van der Waals surface area contributed by atoms with Gasteiger partial charge in [0.15, 0.2) is 0 Å². The van der Waals surface area contributed by atoms with E-state index in [9.17, 15) is 14.7 Å². The molecule has 1 aromatic heterocycles. The van der Waals surface area contributed by atoms with E-state index in [-0.39, 0.29) is 19.1 Å². The molecule has 27 heavy (non-hydrogen) atoms. The molecule has 0 radical (unpaired) electrons. The first-order chi connectivity index (χ1) is 12.8. The van der Waals surface area contributed by atoms with Gasteiger partial charge in [0.1, 0.15) is 17.8 Å². The van der Waals surface area contributed by atoms with E-state index in [4.69, 9.17) is 4.74 Å². The minimum absolute atomic E-state index is 0.107. The third-order valence-corrected chi connectivity index (χ3v) is 5.40. The highest BCUT2D eigenvalue weighted by atomic mass is 16.5. The third-order valence-electron chi connectivity index (χ3n) is 5.40. The highest BCUT2D eigenvalue weighted by molar-refractivity contribution is 5.89. The van der Waals surface area contributed by atoms with Crippen molar-refractivity contribution in [2.75, 3.05) is 6.61 Å². The van der Waals surface area contributed by atoms with E-state index in [1.165, 1.54) is 4.68 Å². The maximum atomic E-state index is 12.5. The quantitative estimate of drug-likeness (QED) is 0.766. The largest absolute Gasteiger partial charge is 0.479 e. The maximum Gasteiger partial charge on any atom is 0.330 e. The molecule has 1 aliphatic rings. The molecule has 8 nitrogen and oxygen atoms in total. The smallest absolute Gasteiger partial charge is 0.330 e. The van der Waals surface area contributed by atoms with Crippen molar-refractivity contribution >= 4 is 11.9 Å². The predicted molar refractivity (Wildman–Crippen MR) is 97.8 cm³/mol. The Kier molecular flexibility index (Phi) is 5.01. The van der Waals surface area contributed by atoms with Crippen LogP contribution in [0.2, 0.25) is 0 Å². The van der Waals surface area contributed by atoms with E-state index in [1.54, 1.807) is 20.0 Å². The minimum atomic E-state index is -1.35. The molecule has 2 unspecified atom stereocenters. The van der Waals surface area contributed by atoms with Gasteiger partial charge in [-0.05, 0) is 6.92 Å². The topological polar surface area (TPSA) is 106 Å². The average Bonchev–Trinajstić information content (AvgIpc) is 3.09. The molecule has 0 aliphatic heterocycles. The summed E-state index contributed by atoms with van der Waals surface area (Å²) in [6.07, 6.45) is 1.69. The van der Waals surface area contributed by atoms with Gasteiger partial charge in [0.2, 0.25) is 5.91 Å². The first kappa shape index (κ1) is 19.0.